The quantitative estimate of drug-likeness (QED) is 0.487. The van der Waals surface area contributed by atoms with Crippen LogP contribution in [0.1, 0.15) is 11.1 Å². The zero-order valence-electron chi connectivity index (χ0n) is 17.6. The van der Waals surface area contributed by atoms with Crippen LogP contribution in [-0.4, -0.2) is 68.7 Å². The topological polar surface area (TPSA) is 86.0 Å². The van der Waals surface area contributed by atoms with Crippen molar-refractivity contribution in [2.24, 2.45) is 0 Å². The number of imide groups is 1. The van der Waals surface area contributed by atoms with Gasteiger partial charge in [0.2, 0.25) is 0 Å². The Hall–Kier alpha value is -2.91. The van der Waals surface area contributed by atoms with Crippen molar-refractivity contribution in [1.29, 1.82) is 0 Å². The highest BCUT2D eigenvalue weighted by atomic mass is 32.2. The number of para-hydroxylation sites is 1. The fourth-order valence-electron chi connectivity index (χ4n) is 3.80. The summed E-state index contributed by atoms with van der Waals surface area (Å²) in [5.74, 6) is -0.360. The number of rotatable bonds is 9. The molecule has 2 N–H and O–H groups in total. The summed E-state index contributed by atoms with van der Waals surface area (Å²) in [5.41, 5.74) is 3.11. The minimum Gasteiger partial charge on any atom is -0.395 e. The zero-order valence-corrected chi connectivity index (χ0v) is 18.4. The standard InChI is InChI=1S/C24H25N3O4S/c28-12-10-25(11-13-29)17-27-23(30)22(32-24(27)31)14-19-16-26(15-18-6-2-1-3-7-18)21-9-5-4-8-20(19)21/h1-9,14,16,28-29H,10-13,15,17H2/b22-14+. The van der Waals surface area contributed by atoms with E-state index >= 15 is 0 Å². The van der Waals surface area contributed by atoms with Crippen LogP contribution in [0.5, 0.6) is 0 Å². The van der Waals surface area contributed by atoms with Crippen molar-refractivity contribution in [3.05, 3.63) is 76.8 Å². The minimum absolute atomic E-state index is 0.0406. The maximum absolute atomic E-state index is 13.0. The van der Waals surface area contributed by atoms with Crippen molar-refractivity contribution in [3.63, 3.8) is 0 Å². The molecule has 1 aliphatic rings. The molecule has 1 saturated heterocycles. The molecule has 0 bridgehead atoms. The summed E-state index contributed by atoms with van der Waals surface area (Å²) < 4.78 is 2.14. The Balaban J connectivity index is 1.61. The van der Waals surface area contributed by atoms with Gasteiger partial charge in [-0.1, -0.05) is 48.5 Å². The number of aliphatic hydroxyl groups excluding tert-OH is 2. The van der Waals surface area contributed by atoms with Crippen LogP contribution in [-0.2, 0) is 11.3 Å². The highest BCUT2D eigenvalue weighted by molar-refractivity contribution is 8.18. The molecule has 0 saturated carbocycles. The van der Waals surface area contributed by atoms with Gasteiger partial charge in [0.05, 0.1) is 24.8 Å². The highest BCUT2D eigenvalue weighted by Gasteiger charge is 2.36. The van der Waals surface area contributed by atoms with E-state index in [0.717, 1.165) is 33.1 Å². The second kappa shape index (κ2) is 10.1. The predicted molar refractivity (Wildman–Crippen MR) is 126 cm³/mol. The molecule has 1 aliphatic heterocycles. The van der Waals surface area contributed by atoms with Crippen LogP contribution >= 0.6 is 11.8 Å². The molecule has 2 heterocycles. The first-order valence-electron chi connectivity index (χ1n) is 10.4. The Labute approximate surface area is 190 Å². The predicted octanol–water partition coefficient (Wildman–Crippen LogP) is 2.97. The van der Waals surface area contributed by atoms with E-state index in [1.54, 1.807) is 11.0 Å². The molecule has 4 rings (SSSR count). The summed E-state index contributed by atoms with van der Waals surface area (Å²) in [7, 11) is 0. The summed E-state index contributed by atoms with van der Waals surface area (Å²) >= 11 is 0.914. The molecular weight excluding hydrogens is 426 g/mol. The van der Waals surface area contributed by atoms with E-state index in [9.17, 15) is 19.8 Å². The first-order chi connectivity index (χ1) is 15.6. The third kappa shape index (κ3) is 4.78. The van der Waals surface area contributed by atoms with Gasteiger partial charge in [0.15, 0.2) is 0 Å². The van der Waals surface area contributed by atoms with Crippen molar-refractivity contribution in [2.75, 3.05) is 33.0 Å². The molecule has 0 spiro atoms. The third-order valence-electron chi connectivity index (χ3n) is 5.35. The van der Waals surface area contributed by atoms with Gasteiger partial charge in [0, 0.05) is 42.3 Å². The number of fused-ring (bicyclic) bond motifs is 1. The summed E-state index contributed by atoms with van der Waals surface area (Å²) in [6.07, 6.45) is 3.78. The molecule has 2 amide bonds. The molecule has 7 nitrogen and oxygen atoms in total. The number of thioether (sulfide) groups is 1. The van der Waals surface area contributed by atoms with Crippen molar-refractivity contribution >= 4 is 39.9 Å². The molecule has 0 unspecified atom stereocenters. The lowest BCUT2D eigenvalue weighted by Crippen LogP contribution is -2.42. The largest absolute Gasteiger partial charge is 0.395 e. The fourth-order valence-corrected chi connectivity index (χ4v) is 4.62. The minimum atomic E-state index is -0.360. The number of carbonyl (C=O) groups excluding carboxylic acids is 2. The van der Waals surface area contributed by atoms with E-state index < -0.39 is 0 Å². The fraction of sp³-hybridized carbons (Fsp3) is 0.250. The number of nitrogens with zero attached hydrogens (tertiary/aromatic N) is 3. The number of aliphatic hydroxyl groups is 2. The molecule has 0 radical (unpaired) electrons. The molecule has 0 atom stereocenters. The second-order valence-corrected chi connectivity index (χ2v) is 8.52. The number of aromatic nitrogens is 1. The van der Waals surface area contributed by atoms with Crippen molar-refractivity contribution in [2.45, 2.75) is 6.54 Å². The van der Waals surface area contributed by atoms with Gasteiger partial charge in [-0.2, -0.15) is 0 Å². The van der Waals surface area contributed by atoms with Crippen LogP contribution < -0.4 is 0 Å². The van der Waals surface area contributed by atoms with Crippen LogP contribution in [0.3, 0.4) is 0 Å². The van der Waals surface area contributed by atoms with Gasteiger partial charge in [0.1, 0.15) is 0 Å². The molecular formula is C24H25N3O4S. The Morgan fingerprint density at radius 2 is 1.62 bits per heavy atom. The Morgan fingerprint density at radius 1 is 0.938 bits per heavy atom. The molecule has 8 heteroatoms. The smallest absolute Gasteiger partial charge is 0.294 e. The lowest BCUT2D eigenvalue weighted by molar-refractivity contribution is -0.124. The lowest BCUT2D eigenvalue weighted by Gasteiger charge is -2.24. The lowest BCUT2D eigenvalue weighted by atomic mass is 10.1. The Kier molecular flexibility index (Phi) is 7.06. The SMILES string of the molecule is O=C1S/C(=C/c2cn(Cc3ccccc3)c3ccccc23)C(=O)N1CN(CCO)CCO. The number of hydrogen-bond donors (Lipinski definition) is 2. The summed E-state index contributed by atoms with van der Waals surface area (Å²) in [5, 5.41) is 19.0. The van der Waals surface area contributed by atoms with Gasteiger partial charge < -0.3 is 14.8 Å². The van der Waals surface area contributed by atoms with E-state index in [2.05, 4.69) is 16.7 Å². The van der Waals surface area contributed by atoms with Crippen LogP contribution in [0.2, 0.25) is 0 Å². The second-order valence-electron chi connectivity index (χ2n) is 7.53. The van der Waals surface area contributed by atoms with Gasteiger partial charge in [0.25, 0.3) is 11.1 Å². The van der Waals surface area contributed by atoms with E-state index in [1.165, 1.54) is 5.56 Å². The van der Waals surface area contributed by atoms with Crippen molar-refractivity contribution < 1.29 is 19.8 Å². The average molecular weight is 452 g/mol. The van der Waals surface area contributed by atoms with Crippen LogP contribution in [0.4, 0.5) is 4.79 Å². The van der Waals surface area contributed by atoms with Crippen LogP contribution in [0.25, 0.3) is 17.0 Å². The molecule has 32 heavy (non-hydrogen) atoms. The average Bonchev–Trinajstić information content (AvgIpc) is 3.27. The molecule has 166 valence electrons. The van der Waals surface area contributed by atoms with Gasteiger partial charge in [-0.15, -0.1) is 0 Å². The van der Waals surface area contributed by atoms with Gasteiger partial charge in [-0.25, -0.2) is 0 Å². The number of amides is 2. The normalized spacial score (nSPS) is 15.6. The molecule has 1 aromatic heterocycles. The van der Waals surface area contributed by atoms with E-state index in [0.29, 0.717) is 11.4 Å². The maximum Gasteiger partial charge on any atom is 0.294 e. The third-order valence-corrected chi connectivity index (χ3v) is 6.26. The molecule has 2 aromatic carbocycles. The van der Waals surface area contributed by atoms with Crippen molar-refractivity contribution in [3.8, 4) is 0 Å². The van der Waals surface area contributed by atoms with Crippen LogP contribution in [0.15, 0.2) is 65.7 Å². The Morgan fingerprint density at radius 3 is 2.34 bits per heavy atom. The van der Waals surface area contributed by atoms with Gasteiger partial charge in [-0.3, -0.25) is 19.4 Å². The summed E-state index contributed by atoms with van der Waals surface area (Å²) in [6.45, 7) is 1.05. The monoisotopic (exact) mass is 451 g/mol. The number of carbonyl (C=O) groups is 2. The van der Waals surface area contributed by atoms with E-state index in [4.69, 9.17) is 0 Å². The van der Waals surface area contributed by atoms with Crippen molar-refractivity contribution in [1.82, 2.24) is 14.4 Å². The highest BCUT2D eigenvalue weighted by Crippen LogP contribution is 2.34. The van der Waals surface area contributed by atoms with E-state index in [-0.39, 0.29) is 44.1 Å². The summed E-state index contributed by atoms with van der Waals surface area (Å²) in [4.78, 5) is 28.7. The number of benzene rings is 2. The molecule has 0 aliphatic carbocycles. The van der Waals surface area contributed by atoms with Crippen LogP contribution in [0, 0.1) is 0 Å². The number of hydrogen-bond acceptors (Lipinski definition) is 6. The molecule has 1 fully saturated rings. The van der Waals surface area contributed by atoms with Gasteiger partial charge in [-0.05, 0) is 29.5 Å². The first-order valence-corrected chi connectivity index (χ1v) is 11.2. The summed E-state index contributed by atoms with van der Waals surface area (Å²) in [6, 6.07) is 18.2. The molecule has 3 aromatic rings. The first kappa shape index (κ1) is 22.3. The maximum atomic E-state index is 13.0. The van der Waals surface area contributed by atoms with Gasteiger partial charge >= 0.3 is 0 Å². The zero-order chi connectivity index (χ0) is 22.5. The van der Waals surface area contributed by atoms with E-state index in [1.807, 2.05) is 48.7 Å². The Bertz CT molecular complexity index is 1140.